The predicted molar refractivity (Wildman–Crippen MR) is 100 cm³/mol. The Morgan fingerprint density at radius 3 is 2.23 bits per heavy atom. The summed E-state index contributed by atoms with van der Waals surface area (Å²) in [7, 11) is -3.50. The number of benzene rings is 2. The van der Waals surface area contributed by atoms with Crippen LogP contribution in [0.3, 0.4) is 0 Å². The average molecular weight is 373 g/mol. The number of aryl methyl sites for hydroxylation is 1. The van der Waals surface area contributed by atoms with Gasteiger partial charge in [0.2, 0.25) is 10.0 Å². The molecule has 26 heavy (non-hydrogen) atoms. The Bertz CT molecular complexity index is 861. The fourth-order valence-electron chi connectivity index (χ4n) is 2.96. The topological polar surface area (TPSA) is 69.7 Å². The van der Waals surface area contributed by atoms with E-state index in [-0.39, 0.29) is 10.9 Å². The molecule has 7 heteroatoms. The number of amides is 2. The van der Waals surface area contributed by atoms with Crippen LogP contribution in [-0.4, -0.2) is 49.8 Å². The van der Waals surface area contributed by atoms with Crippen LogP contribution in [-0.2, 0) is 16.6 Å². The lowest BCUT2D eigenvalue weighted by Gasteiger charge is -2.34. The van der Waals surface area contributed by atoms with Crippen LogP contribution in [0.25, 0.3) is 0 Å². The lowest BCUT2D eigenvalue weighted by atomic mass is 10.1. The summed E-state index contributed by atoms with van der Waals surface area (Å²) < 4.78 is 26.7. The van der Waals surface area contributed by atoms with Crippen LogP contribution < -0.4 is 5.32 Å². The highest BCUT2D eigenvalue weighted by molar-refractivity contribution is 7.89. The Balaban J connectivity index is 1.55. The largest absolute Gasteiger partial charge is 0.334 e. The molecule has 0 aliphatic carbocycles. The number of carbonyl (C=O) groups is 1. The summed E-state index contributed by atoms with van der Waals surface area (Å²) in [5.74, 6) is 0. The predicted octanol–water partition coefficient (Wildman–Crippen LogP) is 2.21. The van der Waals surface area contributed by atoms with E-state index in [0.717, 1.165) is 11.1 Å². The van der Waals surface area contributed by atoms with Crippen LogP contribution in [0, 0.1) is 6.92 Å². The lowest BCUT2D eigenvalue weighted by Crippen LogP contribution is -2.52. The van der Waals surface area contributed by atoms with Crippen molar-refractivity contribution < 1.29 is 13.2 Å². The van der Waals surface area contributed by atoms with Crippen molar-refractivity contribution in [2.24, 2.45) is 0 Å². The van der Waals surface area contributed by atoms with Crippen LogP contribution >= 0.6 is 0 Å². The molecule has 0 atom stereocenters. The summed E-state index contributed by atoms with van der Waals surface area (Å²) in [6.45, 7) is 3.84. The second-order valence-corrected chi connectivity index (χ2v) is 8.23. The van der Waals surface area contributed by atoms with Gasteiger partial charge in [-0.1, -0.05) is 42.5 Å². The minimum Gasteiger partial charge on any atom is -0.334 e. The molecule has 1 aliphatic rings. The standard InChI is InChI=1S/C19H23N3O3S/c1-16-7-5-6-8-17(16)15-20-19(23)21-11-13-22(14-12-21)26(24,25)18-9-3-2-4-10-18/h2-10H,11-15H2,1H3,(H,20,23). The molecule has 0 unspecified atom stereocenters. The number of hydrogen-bond acceptors (Lipinski definition) is 3. The van der Waals surface area contributed by atoms with Gasteiger partial charge in [0.1, 0.15) is 0 Å². The van der Waals surface area contributed by atoms with Gasteiger partial charge in [-0.3, -0.25) is 0 Å². The Kier molecular flexibility index (Phi) is 5.58. The number of urea groups is 1. The van der Waals surface area contributed by atoms with Crippen LogP contribution in [0.5, 0.6) is 0 Å². The minimum atomic E-state index is -3.50. The zero-order chi connectivity index (χ0) is 18.6. The van der Waals surface area contributed by atoms with Crippen molar-refractivity contribution >= 4 is 16.1 Å². The number of carbonyl (C=O) groups excluding carboxylic acids is 1. The van der Waals surface area contributed by atoms with Gasteiger partial charge in [0, 0.05) is 32.7 Å². The molecule has 2 aromatic carbocycles. The molecule has 1 N–H and O–H groups in total. The lowest BCUT2D eigenvalue weighted by molar-refractivity contribution is 0.172. The zero-order valence-electron chi connectivity index (χ0n) is 14.8. The van der Waals surface area contributed by atoms with Crippen molar-refractivity contribution in [3.05, 3.63) is 65.7 Å². The molecule has 0 saturated carbocycles. The first-order valence-corrected chi connectivity index (χ1v) is 10.0. The van der Waals surface area contributed by atoms with Crippen molar-refractivity contribution in [3.8, 4) is 0 Å². The van der Waals surface area contributed by atoms with Crippen LogP contribution in [0.2, 0.25) is 0 Å². The summed E-state index contributed by atoms with van der Waals surface area (Å²) in [5.41, 5.74) is 2.21. The van der Waals surface area contributed by atoms with Crippen molar-refractivity contribution in [1.29, 1.82) is 0 Å². The highest BCUT2D eigenvalue weighted by Crippen LogP contribution is 2.17. The van der Waals surface area contributed by atoms with E-state index in [9.17, 15) is 13.2 Å². The van der Waals surface area contributed by atoms with Gasteiger partial charge in [-0.15, -0.1) is 0 Å². The van der Waals surface area contributed by atoms with E-state index in [1.54, 1.807) is 35.2 Å². The van der Waals surface area contributed by atoms with Gasteiger partial charge in [-0.05, 0) is 30.2 Å². The monoisotopic (exact) mass is 373 g/mol. The molecule has 0 bridgehead atoms. The minimum absolute atomic E-state index is 0.162. The van der Waals surface area contributed by atoms with E-state index in [0.29, 0.717) is 32.7 Å². The number of nitrogens with zero attached hydrogens (tertiary/aromatic N) is 2. The fourth-order valence-corrected chi connectivity index (χ4v) is 4.41. The number of piperazine rings is 1. The van der Waals surface area contributed by atoms with Gasteiger partial charge < -0.3 is 10.2 Å². The Hall–Kier alpha value is -2.38. The van der Waals surface area contributed by atoms with Crippen LogP contribution in [0.1, 0.15) is 11.1 Å². The van der Waals surface area contributed by atoms with Crippen molar-refractivity contribution in [3.63, 3.8) is 0 Å². The first-order chi connectivity index (χ1) is 12.5. The van der Waals surface area contributed by atoms with Crippen molar-refractivity contribution in [2.45, 2.75) is 18.4 Å². The molecule has 1 aliphatic heterocycles. The SMILES string of the molecule is Cc1ccccc1CNC(=O)N1CCN(S(=O)(=O)c2ccccc2)CC1. The summed E-state index contributed by atoms with van der Waals surface area (Å²) in [6.07, 6.45) is 0. The molecule has 6 nitrogen and oxygen atoms in total. The smallest absolute Gasteiger partial charge is 0.317 e. The Labute approximate surface area is 154 Å². The molecule has 0 spiro atoms. The van der Waals surface area contributed by atoms with Gasteiger partial charge in [0.05, 0.1) is 4.90 Å². The summed E-state index contributed by atoms with van der Waals surface area (Å²) >= 11 is 0. The number of nitrogens with one attached hydrogen (secondary N) is 1. The first-order valence-electron chi connectivity index (χ1n) is 8.61. The molecule has 3 rings (SSSR count). The molecule has 0 aromatic heterocycles. The van der Waals surface area contributed by atoms with Gasteiger partial charge in [-0.2, -0.15) is 4.31 Å². The molecule has 1 fully saturated rings. The molecule has 1 heterocycles. The molecular weight excluding hydrogens is 350 g/mol. The van der Waals surface area contributed by atoms with E-state index in [1.807, 2.05) is 31.2 Å². The number of rotatable bonds is 4. The maximum Gasteiger partial charge on any atom is 0.317 e. The first kappa shape index (κ1) is 18.4. The summed E-state index contributed by atoms with van der Waals surface area (Å²) in [6, 6.07) is 16.1. The second kappa shape index (κ2) is 7.88. The van der Waals surface area contributed by atoms with E-state index >= 15 is 0 Å². The third kappa shape index (κ3) is 4.05. The van der Waals surface area contributed by atoms with E-state index in [4.69, 9.17) is 0 Å². The summed E-state index contributed by atoms with van der Waals surface area (Å²) in [4.78, 5) is 14.3. The third-order valence-electron chi connectivity index (χ3n) is 4.60. The van der Waals surface area contributed by atoms with Crippen LogP contribution in [0.4, 0.5) is 4.79 Å². The molecular formula is C19H23N3O3S. The second-order valence-electron chi connectivity index (χ2n) is 6.29. The van der Waals surface area contributed by atoms with Gasteiger partial charge >= 0.3 is 6.03 Å². The van der Waals surface area contributed by atoms with E-state index < -0.39 is 10.0 Å². The summed E-state index contributed by atoms with van der Waals surface area (Å²) in [5, 5.41) is 2.91. The van der Waals surface area contributed by atoms with Crippen LogP contribution in [0.15, 0.2) is 59.5 Å². The van der Waals surface area contributed by atoms with Gasteiger partial charge in [0.25, 0.3) is 0 Å². The molecule has 2 aromatic rings. The molecule has 0 radical (unpaired) electrons. The molecule has 138 valence electrons. The molecule has 2 amide bonds. The van der Waals surface area contributed by atoms with Crippen molar-refractivity contribution in [1.82, 2.24) is 14.5 Å². The Morgan fingerprint density at radius 1 is 0.962 bits per heavy atom. The van der Waals surface area contributed by atoms with E-state index in [2.05, 4.69) is 5.32 Å². The highest BCUT2D eigenvalue weighted by atomic mass is 32.2. The quantitative estimate of drug-likeness (QED) is 0.893. The van der Waals surface area contributed by atoms with Gasteiger partial charge in [-0.25, -0.2) is 13.2 Å². The highest BCUT2D eigenvalue weighted by Gasteiger charge is 2.29. The maximum atomic E-state index is 12.6. The number of sulfonamides is 1. The molecule has 1 saturated heterocycles. The average Bonchev–Trinajstić information content (AvgIpc) is 2.68. The Morgan fingerprint density at radius 2 is 1.58 bits per heavy atom. The normalized spacial score (nSPS) is 15.7. The van der Waals surface area contributed by atoms with E-state index in [1.165, 1.54) is 4.31 Å². The number of hydrogen-bond donors (Lipinski definition) is 1. The maximum absolute atomic E-state index is 12.6. The third-order valence-corrected chi connectivity index (χ3v) is 6.51. The fraction of sp³-hybridized carbons (Fsp3) is 0.316. The van der Waals surface area contributed by atoms with Gasteiger partial charge in [0.15, 0.2) is 0 Å². The zero-order valence-corrected chi connectivity index (χ0v) is 15.6. The van der Waals surface area contributed by atoms with Crippen molar-refractivity contribution in [2.75, 3.05) is 26.2 Å².